The lowest BCUT2D eigenvalue weighted by Gasteiger charge is -1.98. The highest BCUT2D eigenvalue weighted by atomic mass is 79.9. The molecule has 0 N–H and O–H groups in total. The molecule has 4 heteroatoms. The number of thioether (sulfide) groups is 1. The number of hydrogen-bond donors (Lipinski definition) is 0. The zero-order valence-corrected chi connectivity index (χ0v) is 11.7. The molecule has 0 spiro atoms. The maximum Gasteiger partial charge on any atom is 0.124 e. The van der Waals surface area contributed by atoms with Crippen molar-refractivity contribution < 1.29 is 0 Å². The second-order valence-corrected chi connectivity index (χ2v) is 6.30. The van der Waals surface area contributed by atoms with E-state index in [4.69, 9.17) is 0 Å². The third-order valence-electron chi connectivity index (χ3n) is 2.08. The second-order valence-electron chi connectivity index (χ2n) is 3.11. The zero-order valence-electron chi connectivity index (χ0n) is 8.45. The Kier molecular flexibility index (Phi) is 3.49. The van der Waals surface area contributed by atoms with Crippen molar-refractivity contribution in [1.29, 1.82) is 0 Å². The van der Waals surface area contributed by atoms with Gasteiger partial charge in [-0.25, -0.2) is 4.98 Å². The molecule has 0 aliphatic rings. The fraction of sp³-hybridized carbons (Fsp3) is 0.182. The van der Waals surface area contributed by atoms with Crippen molar-refractivity contribution in [2.24, 2.45) is 0 Å². The van der Waals surface area contributed by atoms with Crippen LogP contribution in [0.1, 0.15) is 5.69 Å². The highest BCUT2D eigenvalue weighted by Crippen LogP contribution is 2.32. The van der Waals surface area contributed by atoms with E-state index < -0.39 is 0 Å². The summed E-state index contributed by atoms with van der Waals surface area (Å²) in [6, 6.07) is 8.50. The summed E-state index contributed by atoms with van der Waals surface area (Å²) >= 11 is 6.93. The number of aryl methyl sites for hydroxylation is 1. The van der Waals surface area contributed by atoms with Gasteiger partial charge in [0, 0.05) is 10.5 Å². The molecule has 0 amide bonds. The van der Waals surface area contributed by atoms with Gasteiger partial charge in [0.2, 0.25) is 0 Å². The molecule has 1 aromatic heterocycles. The lowest BCUT2D eigenvalue weighted by atomic mass is 10.2. The van der Waals surface area contributed by atoms with E-state index in [1.807, 2.05) is 6.92 Å². The highest BCUT2D eigenvalue weighted by Gasteiger charge is 2.06. The Bertz CT molecular complexity index is 442. The highest BCUT2D eigenvalue weighted by molar-refractivity contribution is 9.11. The van der Waals surface area contributed by atoms with Gasteiger partial charge < -0.3 is 0 Å². The Morgan fingerprint density at radius 1 is 1.27 bits per heavy atom. The van der Waals surface area contributed by atoms with E-state index in [9.17, 15) is 0 Å². The van der Waals surface area contributed by atoms with E-state index in [0.29, 0.717) is 0 Å². The molecule has 0 radical (unpaired) electrons. The third-order valence-corrected chi connectivity index (χ3v) is 4.87. The van der Waals surface area contributed by atoms with Gasteiger partial charge in [0.25, 0.3) is 0 Å². The van der Waals surface area contributed by atoms with Gasteiger partial charge in [-0.1, -0.05) is 12.1 Å². The first-order chi connectivity index (χ1) is 7.20. The molecule has 0 aliphatic carbocycles. The maximum absolute atomic E-state index is 4.50. The molecule has 0 saturated heterocycles. The van der Waals surface area contributed by atoms with Crippen molar-refractivity contribution in [1.82, 2.24) is 4.98 Å². The van der Waals surface area contributed by atoms with Crippen LogP contribution in [0.25, 0.3) is 10.6 Å². The van der Waals surface area contributed by atoms with Crippen LogP contribution in [-0.2, 0) is 0 Å². The number of halogens is 1. The Morgan fingerprint density at radius 3 is 2.40 bits per heavy atom. The van der Waals surface area contributed by atoms with Gasteiger partial charge in [-0.2, -0.15) is 0 Å². The molecule has 1 heterocycles. The number of thiazole rings is 1. The number of hydrogen-bond acceptors (Lipinski definition) is 3. The van der Waals surface area contributed by atoms with Gasteiger partial charge in [0.15, 0.2) is 0 Å². The minimum Gasteiger partial charge on any atom is -0.240 e. The first-order valence-electron chi connectivity index (χ1n) is 4.48. The molecule has 1 aromatic carbocycles. The molecular weight excluding hydrogens is 290 g/mol. The lowest BCUT2D eigenvalue weighted by Crippen LogP contribution is -1.77. The van der Waals surface area contributed by atoms with Crippen LogP contribution in [0.4, 0.5) is 0 Å². The quantitative estimate of drug-likeness (QED) is 0.752. The number of aromatic nitrogens is 1. The van der Waals surface area contributed by atoms with E-state index in [0.717, 1.165) is 14.5 Å². The molecule has 15 heavy (non-hydrogen) atoms. The molecule has 1 nitrogen and oxygen atoms in total. The fourth-order valence-electron chi connectivity index (χ4n) is 1.23. The van der Waals surface area contributed by atoms with Crippen LogP contribution in [0.3, 0.4) is 0 Å². The molecule has 0 saturated carbocycles. The molecule has 0 bridgehead atoms. The molecule has 2 rings (SSSR count). The van der Waals surface area contributed by atoms with Crippen molar-refractivity contribution >= 4 is 39.0 Å². The van der Waals surface area contributed by atoms with E-state index in [1.54, 1.807) is 23.1 Å². The average Bonchev–Trinajstić information content (AvgIpc) is 2.59. The summed E-state index contributed by atoms with van der Waals surface area (Å²) in [4.78, 5) is 5.78. The van der Waals surface area contributed by atoms with Crippen molar-refractivity contribution in [3.63, 3.8) is 0 Å². The monoisotopic (exact) mass is 299 g/mol. The summed E-state index contributed by atoms with van der Waals surface area (Å²) in [7, 11) is 0. The number of benzene rings is 1. The Morgan fingerprint density at radius 2 is 1.93 bits per heavy atom. The van der Waals surface area contributed by atoms with E-state index >= 15 is 0 Å². The molecule has 78 valence electrons. The Labute approximate surface area is 106 Å². The topological polar surface area (TPSA) is 12.9 Å². The van der Waals surface area contributed by atoms with Gasteiger partial charge in [0.05, 0.1) is 9.48 Å². The van der Waals surface area contributed by atoms with Crippen LogP contribution in [-0.4, -0.2) is 11.2 Å². The number of nitrogens with zero attached hydrogens (tertiary/aromatic N) is 1. The van der Waals surface area contributed by atoms with Crippen LogP contribution in [0.2, 0.25) is 0 Å². The number of rotatable bonds is 2. The molecule has 2 aromatic rings. The molecule has 0 fully saturated rings. The SMILES string of the molecule is CSc1ccc(-c2nc(C)c(Br)s2)cc1. The van der Waals surface area contributed by atoms with Crippen LogP contribution in [0.5, 0.6) is 0 Å². The summed E-state index contributed by atoms with van der Waals surface area (Å²) in [6.45, 7) is 2.01. The average molecular weight is 300 g/mol. The molecule has 0 unspecified atom stereocenters. The van der Waals surface area contributed by atoms with Gasteiger partial charge in [-0.15, -0.1) is 23.1 Å². The standard InChI is InChI=1S/C11H10BrNS2/c1-7-10(12)15-11(13-7)8-3-5-9(14-2)6-4-8/h3-6H,1-2H3. The maximum atomic E-state index is 4.50. The summed E-state index contributed by atoms with van der Waals surface area (Å²) in [5, 5.41) is 1.08. The van der Waals surface area contributed by atoms with Crippen molar-refractivity contribution in [3.8, 4) is 10.6 Å². The Balaban J connectivity index is 2.37. The Hall–Kier alpha value is -0.320. The summed E-state index contributed by atoms with van der Waals surface area (Å²) in [6.07, 6.45) is 2.08. The van der Waals surface area contributed by atoms with Gasteiger partial charge in [-0.3, -0.25) is 0 Å². The molecule has 0 atom stereocenters. The van der Waals surface area contributed by atoms with Crippen LogP contribution < -0.4 is 0 Å². The largest absolute Gasteiger partial charge is 0.240 e. The summed E-state index contributed by atoms with van der Waals surface area (Å²) in [5.74, 6) is 0. The van der Waals surface area contributed by atoms with Gasteiger partial charge >= 0.3 is 0 Å². The zero-order chi connectivity index (χ0) is 10.8. The van der Waals surface area contributed by atoms with Gasteiger partial charge in [0.1, 0.15) is 5.01 Å². The third kappa shape index (κ3) is 2.44. The minimum absolute atomic E-state index is 1.06. The smallest absolute Gasteiger partial charge is 0.124 e. The summed E-state index contributed by atoms with van der Waals surface area (Å²) in [5.41, 5.74) is 2.25. The van der Waals surface area contributed by atoms with Crippen LogP contribution in [0.15, 0.2) is 32.9 Å². The van der Waals surface area contributed by atoms with Crippen molar-refractivity contribution in [3.05, 3.63) is 33.7 Å². The predicted octanol–water partition coefficient (Wildman–Crippen LogP) is 4.60. The normalized spacial score (nSPS) is 10.6. The predicted molar refractivity (Wildman–Crippen MR) is 71.8 cm³/mol. The van der Waals surface area contributed by atoms with Crippen molar-refractivity contribution in [2.45, 2.75) is 11.8 Å². The molecule has 0 aliphatic heterocycles. The van der Waals surface area contributed by atoms with E-state index in [2.05, 4.69) is 51.4 Å². The van der Waals surface area contributed by atoms with Gasteiger partial charge in [-0.05, 0) is 41.2 Å². The van der Waals surface area contributed by atoms with Crippen LogP contribution in [0, 0.1) is 6.92 Å². The second kappa shape index (κ2) is 4.68. The molecular formula is C11H10BrNS2. The first-order valence-corrected chi connectivity index (χ1v) is 7.31. The van der Waals surface area contributed by atoms with E-state index in [1.165, 1.54) is 10.5 Å². The summed E-state index contributed by atoms with van der Waals surface area (Å²) < 4.78 is 1.12. The van der Waals surface area contributed by atoms with Crippen LogP contribution >= 0.6 is 39.0 Å². The minimum atomic E-state index is 1.06. The first kappa shape index (κ1) is 11.2. The lowest BCUT2D eigenvalue weighted by molar-refractivity contribution is 1.25. The fourth-order valence-corrected chi connectivity index (χ4v) is 2.99. The van der Waals surface area contributed by atoms with E-state index in [-0.39, 0.29) is 0 Å². The van der Waals surface area contributed by atoms with Crippen molar-refractivity contribution in [2.75, 3.05) is 6.26 Å².